The van der Waals surface area contributed by atoms with E-state index in [1.807, 2.05) is 19.0 Å². The molecule has 0 amide bonds. The molecule has 0 N–H and O–H groups in total. The molecule has 2 rings (SSSR count). The maximum atomic E-state index is 11.8. The average molecular weight is 221 g/mol. The maximum Gasteiger partial charge on any atom is 0.268 e. The van der Waals surface area contributed by atoms with Gasteiger partial charge >= 0.3 is 0 Å². The van der Waals surface area contributed by atoms with Gasteiger partial charge in [-0.2, -0.15) is 5.10 Å². The van der Waals surface area contributed by atoms with Crippen molar-refractivity contribution < 1.29 is 0 Å². The lowest BCUT2D eigenvalue weighted by atomic mass is 10.1. The summed E-state index contributed by atoms with van der Waals surface area (Å²) in [6.07, 6.45) is 6.84. The monoisotopic (exact) mass is 221 g/mol. The molecule has 1 aliphatic carbocycles. The quantitative estimate of drug-likeness (QED) is 0.776. The minimum absolute atomic E-state index is 0.0121. The molecule has 1 saturated carbocycles. The molecule has 1 aliphatic rings. The zero-order valence-corrected chi connectivity index (χ0v) is 10.0. The highest BCUT2D eigenvalue weighted by Gasteiger charge is 2.16. The normalized spacial score (nSPS) is 16.6. The smallest absolute Gasteiger partial charge is 0.268 e. The first-order chi connectivity index (χ1) is 7.66. The van der Waals surface area contributed by atoms with Crippen molar-refractivity contribution in [3.05, 3.63) is 22.6 Å². The Hall–Kier alpha value is -1.32. The van der Waals surface area contributed by atoms with E-state index in [1.54, 1.807) is 16.9 Å². The first-order valence-corrected chi connectivity index (χ1v) is 5.91. The van der Waals surface area contributed by atoms with E-state index >= 15 is 0 Å². The van der Waals surface area contributed by atoms with Crippen LogP contribution in [0.1, 0.15) is 25.7 Å². The SMILES string of the molecule is CN(C)c1cnn(CC2CCCC2)c(=O)c1. The third kappa shape index (κ3) is 2.43. The van der Waals surface area contributed by atoms with Crippen LogP contribution in [0.5, 0.6) is 0 Å². The van der Waals surface area contributed by atoms with Gasteiger partial charge in [0.2, 0.25) is 0 Å². The molecule has 0 aromatic carbocycles. The van der Waals surface area contributed by atoms with Gasteiger partial charge < -0.3 is 4.90 Å². The molecule has 0 spiro atoms. The Morgan fingerprint density at radius 3 is 2.69 bits per heavy atom. The summed E-state index contributed by atoms with van der Waals surface area (Å²) in [6.45, 7) is 0.784. The molecule has 1 fully saturated rings. The summed E-state index contributed by atoms with van der Waals surface area (Å²) in [5, 5.41) is 4.23. The van der Waals surface area contributed by atoms with Crippen LogP contribution in [0.2, 0.25) is 0 Å². The first-order valence-electron chi connectivity index (χ1n) is 5.91. The fourth-order valence-electron chi connectivity index (χ4n) is 2.24. The third-order valence-corrected chi connectivity index (χ3v) is 3.28. The molecule has 16 heavy (non-hydrogen) atoms. The van der Waals surface area contributed by atoms with Crippen LogP contribution >= 0.6 is 0 Å². The van der Waals surface area contributed by atoms with Crippen molar-refractivity contribution >= 4 is 5.69 Å². The molecule has 0 saturated heterocycles. The molecular formula is C12H19N3O. The number of rotatable bonds is 3. The van der Waals surface area contributed by atoms with Crippen molar-refractivity contribution in [2.45, 2.75) is 32.2 Å². The van der Waals surface area contributed by atoms with Gasteiger partial charge in [-0.3, -0.25) is 4.79 Å². The van der Waals surface area contributed by atoms with Crippen LogP contribution < -0.4 is 10.5 Å². The minimum Gasteiger partial charge on any atom is -0.376 e. The lowest BCUT2D eigenvalue weighted by Crippen LogP contribution is -2.26. The Labute approximate surface area is 95.9 Å². The van der Waals surface area contributed by atoms with Crippen LogP contribution in [0, 0.1) is 5.92 Å². The topological polar surface area (TPSA) is 38.1 Å². The van der Waals surface area contributed by atoms with Crippen molar-refractivity contribution in [2.75, 3.05) is 19.0 Å². The van der Waals surface area contributed by atoms with Crippen molar-refractivity contribution in [2.24, 2.45) is 5.92 Å². The number of aromatic nitrogens is 2. The maximum absolute atomic E-state index is 11.8. The molecule has 1 aromatic rings. The highest BCUT2D eigenvalue weighted by Crippen LogP contribution is 2.25. The third-order valence-electron chi connectivity index (χ3n) is 3.28. The van der Waals surface area contributed by atoms with Crippen LogP contribution in [0.3, 0.4) is 0 Å². The van der Waals surface area contributed by atoms with E-state index < -0.39 is 0 Å². The molecule has 1 heterocycles. The average Bonchev–Trinajstić information content (AvgIpc) is 2.73. The zero-order chi connectivity index (χ0) is 11.5. The van der Waals surface area contributed by atoms with Crippen molar-refractivity contribution in [3.8, 4) is 0 Å². The van der Waals surface area contributed by atoms with Crippen LogP contribution in [-0.2, 0) is 6.54 Å². The number of hydrogen-bond acceptors (Lipinski definition) is 3. The van der Waals surface area contributed by atoms with E-state index in [9.17, 15) is 4.79 Å². The lowest BCUT2D eigenvalue weighted by molar-refractivity contribution is 0.415. The fraction of sp³-hybridized carbons (Fsp3) is 0.667. The van der Waals surface area contributed by atoms with Crippen molar-refractivity contribution in [3.63, 3.8) is 0 Å². The number of anilines is 1. The lowest BCUT2D eigenvalue weighted by Gasteiger charge is -2.14. The van der Waals surface area contributed by atoms with Gasteiger partial charge in [-0.05, 0) is 18.8 Å². The van der Waals surface area contributed by atoms with E-state index in [4.69, 9.17) is 0 Å². The molecular weight excluding hydrogens is 202 g/mol. The van der Waals surface area contributed by atoms with Crippen LogP contribution in [0.15, 0.2) is 17.1 Å². The number of hydrogen-bond donors (Lipinski definition) is 0. The van der Waals surface area contributed by atoms with E-state index in [-0.39, 0.29) is 5.56 Å². The molecule has 88 valence electrons. The zero-order valence-electron chi connectivity index (χ0n) is 10.0. The predicted octanol–water partition coefficient (Wildman–Crippen LogP) is 1.50. The summed E-state index contributed by atoms with van der Waals surface area (Å²) in [6, 6.07) is 1.65. The van der Waals surface area contributed by atoms with Gasteiger partial charge in [-0.15, -0.1) is 0 Å². The summed E-state index contributed by atoms with van der Waals surface area (Å²) in [5.74, 6) is 0.649. The Morgan fingerprint density at radius 1 is 1.44 bits per heavy atom. The molecule has 4 heteroatoms. The van der Waals surface area contributed by atoms with Gasteiger partial charge in [0.15, 0.2) is 0 Å². The second-order valence-corrected chi connectivity index (χ2v) is 4.78. The van der Waals surface area contributed by atoms with E-state index in [0.29, 0.717) is 5.92 Å². The second kappa shape index (κ2) is 4.68. The summed E-state index contributed by atoms with van der Waals surface area (Å²) in [4.78, 5) is 13.7. The highest BCUT2D eigenvalue weighted by atomic mass is 16.1. The Kier molecular flexibility index (Phi) is 3.27. The van der Waals surface area contributed by atoms with Gasteiger partial charge in [-0.1, -0.05) is 12.8 Å². The number of nitrogens with zero attached hydrogens (tertiary/aromatic N) is 3. The molecule has 0 atom stereocenters. The molecule has 0 bridgehead atoms. The first kappa shape index (κ1) is 11.2. The molecule has 0 aliphatic heterocycles. The largest absolute Gasteiger partial charge is 0.376 e. The van der Waals surface area contributed by atoms with Crippen LogP contribution in [0.4, 0.5) is 5.69 Å². The van der Waals surface area contributed by atoms with E-state index in [1.165, 1.54) is 25.7 Å². The summed E-state index contributed by atoms with van der Waals surface area (Å²) in [5.41, 5.74) is 0.880. The van der Waals surface area contributed by atoms with Crippen LogP contribution in [-0.4, -0.2) is 23.9 Å². The van der Waals surface area contributed by atoms with Gasteiger partial charge in [0.1, 0.15) is 0 Å². The van der Waals surface area contributed by atoms with Gasteiger partial charge in [0.25, 0.3) is 5.56 Å². The molecule has 4 nitrogen and oxygen atoms in total. The minimum atomic E-state index is 0.0121. The second-order valence-electron chi connectivity index (χ2n) is 4.78. The Bertz CT molecular complexity index is 405. The van der Waals surface area contributed by atoms with Crippen molar-refractivity contribution in [1.82, 2.24) is 9.78 Å². The predicted molar refractivity (Wildman–Crippen MR) is 64.8 cm³/mol. The molecule has 0 radical (unpaired) electrons. The Morgan fingerprint density at radius 2 is 2.12 bits per heavy atom. The highest BCUT2D eigenvalue weighted by molar-refractivity contribution is 5.40. The standard InChI is InChI=1S/C12H19N3O/c1-14(2)11-7-12(16)15(13-8-11)9-10-5-3-4-6-10/h7-8,10H,3-6,9H2,1-2H3. The summed E-state index contributed by atoms with van der Waals surface area (Å²) >= 11 is 0. The van der Waals surface area contributed by atoms with E-state index in [2.05, 4.69) is 5.10 Å². The summed E-state index contributed by atoms with van der Waals surface area (Å²) < 4.78 is 1.60. The van der Waals surface area contributed by atoms with E-state index in [0.717, 1.165) is 12.2 Å². The summed E-state index contributed by atoms with van der Waals surface area (Å²) in [7, 11) is 3.83. The molecule has 1 aromatic heterocycles. The van der Waals surface area contributed by atoms with Gasteiger partial charge in [-0.25, -0.2) is 4.68 Å². The van der Waals surface area contributed by atoms with Crippen LogP contribution in [0.25, 0.3) is 0 Å². The van der Waals surface area contributed by atoms with Gasteiger partial charge in [0.05, 0.1) is 11.9 Å². The van der Waals surface area contributed by atoms with Crippen molar-refractivity contribution in [1.29, 1.82) is 0 Å². The molecule has 0 unspecified atom stereocenters. The van der Waals surface area contributed by atoms with Gasteiger partial charge in [0, 0.05) is 26.7 Å². The Balaban J connectivity index is 2.13. The fourth-order valence-corrected chi connectivity index (χ4v) is 2.24.